The molecule has 0 radical (unpaired) electrons. The quantitative estimate of drug-likeness (QED) is 0.859. The highest BCUT2D eigenvalue weighted by Gasteiger charge is 2.28. The van der Waals surface area contributed by atoms with E-state index in [9.17, 15) is 9.59 Å². The number of benzene rings is 1. The number of rotatable bonds is 4. The first-order valence-corrected chi connectivity index (χ1v) is 8.03. The summed E-state index contributed by atoms with van der Waals surface area (Å²) in [6.07, 6.45) is 3.77. The molecule has 120 valence electrons. The minimum atomic E-state index is -0.0584. The predicted molar refractivity (Wildman–Crippen MR) is 86.7 cm³/mol. The highest BCUT2D eigenvalue weighted by Crippen LogP contribution is 2.36. The van der Waals surface area contributed by atoms with Crippen LogP contribution in [0.15, 0.2) is 24.3 Å². The van der Waals surface area contributed by atoms with Gasteiger partial charge in [0, 0.05) is 12.6 Å². The average Bonchev–Trinajstić information content (AvgIpc) is 2.47. The molecule has 0 saturated heterocycles. The number of carbonyl (C=O) groups is 2. The summed E-state index contributed by atoms with van der Waals surface area (Å²) in [7, 11) is 0. The van der Waals surface area contributed by atoms with Crippen LogP contribution in [0.5, 0.6) is 0 Å². The third-order valence-electron chi connectivity index (χ3n) is 4.11. The summed E-state index contributed by atoms with van der Waals surface area (Å²) in [5.41, 5.74) is 2.11. The Morgan fingerprint density at radius 1 is 1.09 bits per heavy atom. The maximum Gasteiger partial charge on any atom is 0.309 e. The predicted octanol–water partition coefficient (Wildman–Crippen LogP) is 3.87. The van der Waals surface area contributed by atoms with Crippen LogP contribution in [0.25, 0.3) is 0 Å². The van der Waals surface area contributed by atoms with Gasteiger partial charge in [0.1, 0.15) is 0 Å². The molecule has 0 aliphatic heterocycles. The largest absolute Gasteiger partial charge is 0.463 e. The Morgan fingerprint density at radius 2 is 1.68 bits per heavy atom. The maximum absolute atomic E-state index is 11.9. The van der Waals surface area contributed by atoms with Crippen LogP contribution in [0.3, 0.4) is 0 Å². The molecular formula is C18H25NO3. The van der Waals surface area contributed by atoms with Gasteiger partial charge in [-0.3, -0.25) is 9.59 Å². The molecule has 4 nitrogen and oxygen atoms in total. The van der Waals surface area contributed by atoms with Crippen molar-refractivity contribution in [1.82, 2.24) is 0 Å². The summed E-state index contributed by atoms with van der Waals surface area (Å²) >= 11 is 0. The zero-order valence-electron chi connectivity index (χ0n) is 13.6. The molecule has 1 aromatic carbocycles. The standard InChI is InChI=1S/C18H25NO3/c1-12(2)22-18(21)16-6-4-14(5-7-16)15-8-10-17(11-9-15)19-13(3)20/h8-12,14,16H,4-7H2,1-3H3,(H,19,20). The number of amides is 1. The molecule has 0 spiro atoms. The van der Waals surface area contributed by atoms with Gasteiger partial charge in [-0.25, -0.2) is 0 Å². The number of esters is 1. The maximum atomic E-state index is 11.9. The minimum Gasteiger partial charge on any atom is -0.463 e. The van der Waals surface area contributed by atoms with Crippen molar-refractivity contribution in [2.75, 3.05) is 5.32 Å². The number of carbonyl (C=O) groups excluding carboxylic acids is 2. The van der Waals surface area contributed by atoms with E-state index in [0.29, 0.717) is 5.92 Å². The molecule has 0 aromatic heterocycles. The van der Waals surface area contributed by atoms with E-state index in [1.165, 1.54) is 12.5 Å². The third kappa shape index (κ3) is 4.58. The zero-order valence-corrected chi connectivity index (χ0v) is 13.6. The molecule has 1 aliphatic carbocycles. The lowest BCUT2D eigenvalue weighted by atomic mass is 9.78. The molecule has 0 bridgehead atoms. The first-order chi connectivity index (χ1) is 10.5. The summed E-state index contributed by atoms with van der Waals surface area (Å²) in [6.45, 7) is 5.28. The van der Waals surface area contributed by atoms with E-state index in [1.54, 1.807) is 0 Å². The molecule has 22 heavy (non-hydrogen) atoms. The molecule has 2 rings (SSSR count). The first kappa shape index (κ1) is 16.5. The van der Waals surface area contributed by atoms with Crippen LogP contribution in [0.2, 0.25) is 0 Å². The summed E-state index contributed by atoms with van der Waals surface area (Å²) < 4.78 is 5.30. The van der Waals surface area contributed by atoms with Crippen LogP contribution in [0.4, 0.5) is 5.69 Å². The van der Waals surface area contributed by atoms with Crippen LogP contribution >= 0.6 is 0 Å². The summed E-state index contributed by atoms with van der Waals surface area (Å²) in [4.78, 5) is 23.0. The molecule has 1 saturated carbocycles. The van der Waals surface area contributed by atoms with E-state index in [1.807, 2.05) is 26.0 Å². The summed E-state index contributed by atoms with van der Waals surface area (Å²) in [6, 6.07) is 8.02. The lowest BCUT2D eigenvalue weighted by Gasteiger charge is -2.28. The fourth-order valence-electron chi connectivity index (χ4n) is 3.03. The Bertz CT molecular complexity index is 514. The van der Waals surface area contributed by atoms with Crippen LogP contribution in [0.1, 0.15) is 57.9 Å². The van der Waals surface area contributed by atoms with Gasteiger partial charge in [0.15, 0.2) is 0 Å². The third-order valence-corrected chi connectivity index (χ3v) is 4.11. The fourth-order valence-corrected chi connectivity index (χ4v) is 3.03. The Kier molecular flexibility index (Phi) is 5.58. The van der Waals surface area contributed by atoms with Gasteiger partial charge in [0.2, 0.25) is 5.91 Å². The van der Waals surface area contributed by atoms with Gasteiger partial charge in [0.25, 0.3) is 0 Å². The molecule has 4 heteroatoms. The Hall–Kier alpha value is -1.84. The second-order valence-corrected chi connectivity index (χ2v) is 6.34. The van der Waals surface area contributed by atoms with Crippen molar-refractivity contribution in [3.8, 4) is 0 Å². The molecule has 1 aromatic rings. The Morgan fingerprint density at radius 3 is 2.18 bits per heavy atom. The topological polar surface area (TPSA) is 55.4 Å². The molecule has 1 fully saturated rings. The SMILES string of the molecule is CC(=O)Nc1ccc(C2CCC(C(=O)OC(C)C)CC2)cc1. The van der Waals surface area contributed by atoms with Crippen molar-refractivity contribution in [2.24, 2.45) is 5.92 Å². The van der Waals surface area contributed by atoms with Gasteiger partial charge in [0.05, 0.1) is 12.0 Å². The van der Waals surface area contributed by atoms with Crippen molar-refractivity contribution in [3.63, 3.8) is 0 Å². The molecular weight excluding hydrogens is 278 g/mol. The Labute approximate surface area is 132 Å². The number of hydrogen-bond donors (Lipinski definition) is 1. The van der Waals surface area contributed by atoms with Gasteiger partial charge in [-0.05, 0) is 63.1 Å². The summed E-state index contributed by atoms with van der Waals surface area (Å²) in [5.74, 6) is 0.443. The van der Waals surface area contributed by atoms with E-state index in [4.69, 9.17) is 4.74 Å². The highest BCUT2D eigenvalue weighted by atomic mass is 16.5. The van der Waals surface area contributed by atoms with Crippen molar-refractivity contribution in [1.29, 1.82) is 0 Å². The van der Waals surface area contributed by atoms with Gasteiger partial charge in [-0.2, -0.15) is 0 Å². The van der Waals surface area contributed by atoms with Gasteiger partial charge in [-0.1, -0.05) is 12.1 Å². The number of hydrogen-bond acceptors (Lipinski definition) is 3. The van der Waals surface area contributed by atoms with Crippen molar-refractivity contribution in [2.45, 2.75) is 58.5 Å². The van der Waals surface area contributed by atoms with E-state index in [0.717, 1.165) is 31.4 Å². The summed E-state index contributed by atoms with van der Waals surface area (Å²) in [5, 5.41) is 2.77. The van der Waals surface area contributed by atoms with E-state index < -0.39 is 0 Å². The van der Waals surface area contributed by atoms with Gasteiger partial charge in [-0.15, -0.1) is 0 Å². The fraction of sp³-hybridized carbons (Fsp3) is 0.556. The van der Waals surface area contributed by atoms with Crippen LogP contribution in [0, 0.1) is 5.92 Å². The zero-order chi connectivity index (χ0) is 16.1. The second kappa shape index (κ2) is 7.43. The lowest BCUT2D eigenvalue weighted by Crippen LogP contribution is -2.25. The first-order valence-electron chi connectivity index (χ1n) is 8.03. The Balaban J connectivity index is 1.88. The highest BCUT2D eigenvalue weighted by molar-refractivity contribution is 5.88. The molecule has 0 atom stereocenters. The second-order valence-electron chi connectivity index (χ2n) is 6.34. The monoisotopic (exact) mass is 303 g/mol. The normalized spacial score (nSPS) is 21.5. The number of ether oxygens (including phenoxy) is 1. The molecule has 0 unspecified atom stereocenters. The van der Waals surface area contributed by atoms with Crippen LogP contribution < -0.4 is 5.32 Å². The van der Waals surface area contributed by atoms with Gasteiger partial charge < -0.3 is 10.1 Å². The molecule has 1 N–H and O–H groups in total. The smallest absolute Gasteiger partial charge is 0.309 e. The van der Waals surface area contributed by atoms with Crippen molar-refractivity contribution in [3.05, 3.63) is 29.8 Å². The van der Waals surface area contributed by atoms with E-state index in [-0.39, 0.29) is 23.9 Å². The number of anilines is 1. The van der Waals surface area contributed by atoms with Gasteiger partial charge >= 0.3 is 5.97 Å². The number of nitrogens with one attached hydrogen (secondary N) is 1. The molecule has 1 aliphatic rings. The van der Waals surface area contributed by atoms with Crippen molar-refractivity contribution < 1.29 is 14.3 Å². The average molecular weight is 303 g/mol. The molecule has 0 heterocycles. The van der Waals surface area contributed by atoms with Crippen LogP contribution in [-0.2, 0) is 14.3 Å². The van der Waals surface area contributed by atoms with E-state index in [2.05, 4.69) is 17.4 Å². The lowest BCUT2D eigenvalue weighted by molar-refractivity contribution is -0.153. The van der Waals surface area contributed by atoms with Crippen molar-refractivity contribution >= 4 is 17.6 Å². The molecule has 1 amide bonds. The van der Waals surface area contributed by atoms with Crippen LogP contribution in [-0.4, -0.2) is 18.0 Å². The van der Waals surface area contributed by atoms with E-state index >= 15 is 0 Å². The minimum absolute atomic E-state index is 0.0356.